The first-order chi connectivity index (χ1) is 8.43. The van der Waals surface area contributed by atoms with Crippen LogP contribution in [0.25, 0.3) is 0 Å². The van der Waals surface area contributed by atoms with E-state index in [1.165, 1.54) is 0 Å². The van der Waals surface area contributed by atoms with E-state index in [9.17, 15) is 13.2 Å². The van der Waals surface area contributed by atoms with Gasteiger partial charge in [0.25, 0.3) is 0 Å². The van der Waals surface area contributed by atoms with E-state index in [4.69, 9.17) is 0 Å². The smallest absolute Gasteiger partial charge is 0.171 e. The number of hydrogen-bond acceptors (Lipinski definition) is 0. The highest BCUT2D eigenvalue weighted by Gasteiger charge is 2.47. The minimum Gasteiger partial charge on any atom is -0.171 e. The van der Waals surface area contributed by atoms with Crippen LogP contribution in [-0.4, -0.2) is 6.18 Å². The van der Waals surface area contributed by atoms with Crippen LogP contribution < -0.4 is 0 Å². The molecule has 1 unspecified atom stereocenters. The molecule has 3 heteroatoms. The van der Waals surface area contributed by atoms with E-state index in [1.807, 2.05) is 0 Å². The van der Waals surface area contributed by atoms with Crippen LogP contribution in [0.3, 0.4) is 0 Å². The summed E-state index contributed by atoms with van der Waals surface area (Å²) in [7, 11) is 0. The van der Waals surface area contributed by atoms with Crippen molar-refractivity contribution in [2.45, 2.75) is 84.2 Å². The van der Waals surface area contributed by atoms with Crippen molar-refractivity contribution in [3.05, 3.63) is 0 Å². The number of hydrogen-bond donors (Lipinski definition) is 0. The Labute approximate surface area is 109 Å². The van der Waals surface area contributed by atoms with Gasteiger partial charge in [0.05, 0.1) is 0 Å². The molecule has 1 atom stereocenters. The molecule has 0 saturated heterocycles. The molecule has 0 nitrogen and oxygen atoms in total. The van der Waals surface area contributed by atoms with Crippen molar-refractivity contribution < 1.29 is 13.2 Å². The molecule has 108 valence electrons. The van der Waals surface area contributed by atoms with Crippen LogP contribution in [-0.2, 0) is 0 Å². The van der Waals surface area contributed by atoms with E-state index in [-0.39, 0.29) is 5.92 Å². The lowest BCUT2D eigenvalue weighted by Crippen LogP contribution is -2.33. The molecule has 18 heavy (non-hydrogen) atoms. The first kappa shape index (κ1) is 15.8. The molecule has 0 aliphatic heterocycles. The Bertz CT molecular complexity index is 226. The highest BCUT2D eigenvalue weighted by Crippen LogP contribution is 2.53. The van der Waals surface area contributed by atoms with Crippen molar-refractivity contribution in [3.8, 4) is 0 Å². The van der Waals surface area contributed by atoms with E-state index in [0.29, 0.717) is 0 Å². The molecule has 1 aliphatic rings. The minimum absolute atomic E-state index is 0.284. The first-order valence-corrected chi connectivity index (χ1v) is 7.50. The van der Waals surface area contributed by atoms with Gasteiger partial charge in [-0.2, -0.15) is 13.2 Å². The van der Waals surface area contributed by atoms with Gasteiger partial charge in [-0.05, 0) is 30.6 Å². The fourth-order valence-corrected chi connectivity index (χ4v) is 3.76. The van der Waals surface area contributed by atoms with Crippen LogP contribution in [0.4, 0.5) is 13.2 Å². The normalized spacial score (nSPS) is 21.2. The molecule has 1 fully saturated rings. The van der Waals surface area contributed by atoms with Gasteiger partial charge in [-0.15, -0.1) is 0 Å². The summed E-state index contributed by atoms with van der Waals surface area (Å²) in [4.78, 5) is 0. The van der Waals surface area contributed by atoms with Gasteiger partial charge in [-0.1, -0.05) is 52.4 Å². The van der Waals surface area contributed by atoms with Crippen LogP contribution in [0.5, 0.6) is 0 Å². The largest absolute Gasteiger partial charge is 0.389 e. The highest BCUT2D eigenvalue weighted by atomic mass is 19.4. The highest BCUT2D eigenvalue weighted by molar-refractivity contribution is 4.92. The molecule has 0 aromatic rings. The van der Waals surface area contributed by atoms with Gasteiger partial charge < -0.3 is 0 Å². The summed E-state index contributed by atoms with van der Waals surface area (Å²) in [6.07, 6.45) is 4.14. The van der Waals surface area contributed by atoms with Crippen molar-refractivity contribution in [2.75, 3.05) is 0 Å². The molecule has 1 rings (SSSR count). The molecule has 0 radical (unpaired) electrons. The average Bonchev–Trinajstić information content (AvgIpc) is 2.71. The topological polar surface area (TPSA) is 0 Å². The summed E-state index contributed by atoms with van der Waals surface area (Å²) in [5.74, 6) is 0.284. The van der Waals surface area contributed by atoms with Gasteiger partial charge in [0, 0.05) is 6.42 Å². The zero-order chi connectivity index (χ0) is 13.6. The van der Waals surface area contributed by atoms with Crippen LogP contribution in [0, 0.1) is 11.3 Å². The van der Waals surface area contributed by atoms with Gasteiger partial charge >= 0.3 is 6.18 Å². The van der Waals surface area contributed by atoms with Gasteiger partial charge in [-0.25, -0.2) is 0 Å². The third-order valence-electron chi connectivity index (χ3n) is 4.56. The molecular weight excluding hydrogens is 237 g/mol. The molecule has 0 amide bonds. The molecular formula is C15H27F3. The monoisotopic (exact) mass is 264 g/mol. The van der Waals surface area contributed by atoms with Gasteiger partial charge in [-0.3, -0.25) is 0 Å². The van der Waals surface area contributed by atoms with E-state index in [2.05, 4.69) is 13.8 Å². The van der Waals surface area contributed by atoms with E-state index in [0.717, 1.165) is 57.8 Å². The van der Waals surface area contributed by atoms with Crippen molar-refractivity contribution in [3.63, 3.8) is 0 Å². The Kier molecular flexibility index (Phi) is 6.00. The average molecular weight is 264 g/mol. The maximum absolute atomic E-state index is 12.9. The summed E-state index contributed by atoms with van der Waals surface area (Å²) < 4.78 is 38.6. The second kappa shape index (κ2) is 6.81. The predicted octanol–water partition coefficient (Wildman–Crippen LogP) is 6.11. The lowest BCUT2D eigenvalue weighted by Gasteiger charge is -2.38. The molecule has 0 spiro atoms. The third-order valence-corrected chi connectivity index (χ3v) is 4.56. The fourth-order valence-electron chi connectivity index (χ4n) is 3.76. The molecule has 1 saturated carbocycles. The fraction of sp³-hybridized carbons (Fsp3) is 1.00. The second-order valence-electron chi connectivity index (χ2n) is 5.99. The van der Waals surface area contributed by atoms with E-state index in [1.54, 1.807) is 0 Å². The number of unbranched alkanes of at least 4 members (excludes halogenated alkanes) is 1. The van der Waals surface area contributed by atoms with Crippen molar-refractivity contribution in [1.82, 2.24) is 0 Å². The van der Waals surface area contributed by atoms with Crippen LogP contribution in [0.1, 0.15) is 78.1 Å². The Morgan fingerprint density at radius 2 is 1.61 bits per heavy atom. The van der Waals surface area contributed by atoms with Crippen molar-refractivity contribution in [2.24, 2.45) is 11.3 Å². The Balaban J connectivity index is 2.77. The SMILES string of the molecule is CCCCC(CCC)C1(CC(F)(F)F)CCCC1. The molecule has 0 bridgehead atoms. The predicted molar refractivity (Wildman–Crippen MR) is 69.5 cm³/mol. The zero-order valence-electron chi connectivity index (χ0n) is 11.8. The Morgan fingerprint density at radius 3 is 2.06 bits per heavy atom. The maximum Gasteiger partial charge on any atom is 0.389 e. The van der Waals surface area contributed by atoms with Crippen molar-refractivity contribution in [1.29, 1.82) is 0 Å². The standard InChI is InChI=1S/C15H27F3/c1-3-5-9-13(8-4-2)14(10-6-7-11-14)12-15(16,17)18/h13H,3-12H2,1-2H3. The first-order valence-electron chi connectivity index (χ1n) is 7.50. The van der Waals surface area contributed by atoms with Crippen molar-refractivity contribution >= 4 is 0 Å². The Hall–Kier alpha value is -0.210. The Morgan fingerprint density at radius 1 is 1.00 bits per heavy atom. The summed E-state index contributed by atoms with van der Waals surface area (Å²) >= 11 is 0. The zero-order valence-corrected chi connectivity index (χ0v) is 11.8. The second-order valence-corrected chi connectivity index (χ2v) is 5.99. The summed E-state index contributed by atoms with van der Waals surface area (Å²) in [5.41, 5.74) is -0.427. The van der Waals surface area contributed by atoms with Crippen LogP contribution >= 0.6 is 0 Å². The quantitative estimate of drug-likeness (QED) is 0.520. The van der Waals surface area contributed by atoms with E-state index >= 15 is 0 Å². The number of halogens is 3. The minimum atomic E-state index is -4.00. The molecule has 1 aliphatic carbocycles. The van der Waals surface area contributed by atoms with Gasteiger partial charge in [0.2, 0.25) is 0 Å². The third kappa shape index (κ3) is 4.47. The molecule has 0 heterocycles. The lowest BCUT2D eigenvalue weighted by molar-refractivity contribution is -0.166. The lowest BCUT2D eigenvalue weighted by atomic mass is 9.67. The van der Waals surface area contributed by atoms with Gasteiger partial charge in [0.1, 0.15) is 0 Å². The molecule has 0 N–H and O–H groups in total. The number of rotatable bonds is 7. The van der Waals surface area contributed by atoms with Gasteiger partial charge in [0.15, 0.2) is 0 Å². The molecule has 0 aromatic carbocycles. The van der Waals surface area contributed by atoms with E-state index < -0.39 is 18.0 Å². The number of alkyl halides is 3. The summed E-state index contributed by atoms with van der Waals surface area (Å²) in [6, 6.07) is 0. The van der Waals surface area contributed by atoms with Crippen LogP contribution in [0.2, 0.25) is 0 Å². The molecule has 0 aromatic heterocycles. The summed E-state index contributed by atoms with van der Waals surface area (Å²) in [5, 5.41) is 0. The summed E-state index contributed by atoms with van der Waals surface area (Å²) in [6.45, 7) is 4.21. The maximum atomic E-state index is 12.9. The van der Waals surface area contributed by atoms with Crippen LogP contribution in [0.15, 0.2) is 0 Å².